The largest absolute Gasteiger partial charge is 0.504 e. The fourth-order valence-corrected chi connectivity index (χ4v) is 4.82. The van der Waals surface area contributed by atoms with Crippen LogP contribution in [0.25, 0.3) is 0 Å². The first-order valence-electron chi connectivity index (χ1n) is 7.70. The van der Waals surface area contributed by atoms with E-state index in [9.17, 15) is 22.7 Å². The molecule has 2 aromatic rings. The Morgan fingerprint density at radius 3 is 2.44 bits per heavy atom. The first kappa shape index (κ1) is 19.7. The van der Waals surface area contributed by atoms with Crippen molar-refractivity contribution in [3.63, 3.8) is 0 Å². The first-order chi connectivity index (χ1) is 12.7. The number of urea groups is 1. The normalized spacial score (nSPS) is 14.5. The number of carbonyl (C=O) groups is 1. The quantitative estimate of drug-likeness (QED) is 0.553. The summed E-state index contributed by atoms with van der Waals surface area (Å²) >= 11 is 11.7. The Morgan fingerprint density at radius 1 is 1.15 bits per heavy atom. The van der Waals surface area contributed by atoms with Crippen LogP contribution >= 0.6 is 23.2 Å². The van der Waals surface area contributed by atoms with Crippen LogP contribution in [0.15, 0.2) is 35.2 Å². The van der Waals surface area contributed by atoms with Gasteiger partial charge in [-0.25, -0.2) is 17.6 Å². The van der Waals surface area contributed by atoms with E-state index in [2.05, 4.69) is 16.0 Å². The zero-order valence-electron chi connectivity index (χ0n) is 13.6. The summed E-state index contributed by atoms with van der Waals surface area (Å²) < 4.78 is 38.6. The fraction of sp³-hybridized carbons (Fsp3) is 0.188. The SMILES string of the molecule is O=C(Nc1ccc(Cl)c(S(=O)(=O)C2CNC2)c1O)Nc1cccc(F)c1Cl. The van der Waals surface area contributed by atoms with Crippen molar-refractivity contribution in [3.05, 3.63) is 46.2 Å². The molecule has 1 heterocycles. The van der Waals surface area contributed by atoms with Crippen molar-refractivity contribution in [3.8, 4) is 5.75 Å². The third-order valence-corrected chi connectivity index (χ3v) is 7.00. The van der Waals surface area contributed by atoms with Crippen molar-refractivity contribution in [1.82, 2.24) is 5.32 Å². The molecule has 0 unspecified atom stereocenters. The summed E-state index contributed by atoms with van der Waals surface area (Å²) in [5, 5.41) is 16.7. The molecule has 4 N–H and O–H groups in total. The van der Waals surface area contributed by atoms with Gasteiger partial charge >= 0.3 is 6.03 Å². The van der Waals surface area contributed by atoms with E-state index in [1.807, 2.05) is 0 Å². The molecule has 2 aromatic carbocycles. The van der Waals surface area contributed by atoms with Gasteiger partial charge in [-0.2, -0.15) is 0 Å². The van der Waals surface area contributed by atoms with Crippen LogP contribution in [0, 0.1) is 5.82 Å². The molecule has 0 spiro atoms. The van der Waals surface area contributed by atoms with Gasteiger partial charge in [0.2, 0.25) is 0 Å². The van der Waals surface area contributed by atoms with Gasteiger partial charge in [-0.3, -0.25) is 0 Å². The van der Waals surface area contributed by atoms with Crippen LogP contribution in [-0.2, 0) is 9.84 Å². The molecule has 0 atom stereocenters. The van der Waals surface area contributed by atoms with Gasteiger partial charge in [0.15, 0.2) is 15.6 Å². The lowest BCUT2D eigenvalue weighted by atomic mass is 10.3. The number of halogens is 3. The smallest absolute Gasteiger partial charge is 0.323 e. The number of anilines is 2. The highest BCUT2D eigenvalue weighted by Crippen LogP contribution is 2.39. The van der Waals surface area contributed by atoms with E-state index in [1.54, 1.807) is 0 Å². The van der Waals surface area contributed by atoms with Gasteiger partial charge in [0.05, 0.1) is 26.7 Å². The van der Waals surface area contributed by atoms with E-state index in [1.165, 1.54) is 24.3 Å². The molecule has 1 aliphatic rings. The monoisotopic (exact) mass is 433 g/mol. The highest BCUT2D eigenvalue weighted by Gasteiger charge is 2.36. The minimum absolute atomic E-state index is 0.0102. The standard InChI is InChI=1S/C16H14Cl2FN3O4S/c17-9-4-5-12(14(23)15(9)27(25,26)8-6-20-7-8)22-16(24)21-11-3-1-2-10(19)13(11)18/h1-5,8,20,23H,6-7H2,(H2,21,22,24). The van der Waals surface area contributed by atoms with Crippen molar-refractivity contribution in [2.24, 2.45) is 0 Å². The van der Waals surface area contributed by atoms with Crippen LogP contribution in [0.2, 0.25) is 10.0 Å². The van der Waals surface area contributed by atoms with Crippen molar-refractivity contribution in [1.29, 1.82) is 0 Å². The minimum Gasteiger partial charge on any atom is -0.504 e. The number of phenolic OH excluding ortho intramolecular Hbond substituents is 1. The van der Waals surface area contributed by atoms with Crippen molar-refractivity contribution in [2.75, 3.05) is 23.7 Å². The Hall–Kier alpha value is -2.07. The molecule has 0 aromatic heterocycles. The molecule has 27 heavy (non-hydrogen) atoms. The predicted octanol–water partition coefficient (Wildman–Crippen LogP) is 3.23. The Kier molecular flexibility index (Phi) is 5.48. The van der Waals surface area contributed by atoms with Crippen LogP contribution in [0.1, 0.15) is 0 Å². The predicted molar refractivity (Wildman–Crippen MR) is 101 cm³/mol. The number of amides is 2. The van der Waals surface area contributed by atoms with E-state index >= 15 is 0 Å². The number of carbonyl (C=O) groups excluding carboxylic acids is 1. The van der Waals surface area contributed by atoms with E-state index in [-0.39, 0.29) is 34.5 Å². The molecular weight excluding hydrogens is 420 g/mol. The van der Waals surface area contributed by atoms with Gasteiger partial charge in [-0.1, -0.05) is 29.3 Å². The molecule has 11 heteroatoms. The van der Waals surface area contributed by atoms with Crippen LogP contribution in [0.3, 0.4) is 0 Å². The molecule has 0 radical (unpaired) electrons. The number of sulfone groups is 1. The molecule has 144 valence electrons. The summed E-state index contributed by atoms with van der Waals surface area (Å²) in [6.07, 6.45) is 0. The average Bonchev–Trinajstić information content (AvgIpc) is 2.52. The van der Waals surface area contributed by atoms with Crippen molar-refractivity contribution < 1.29 is 22.7 Å². The molecular formula is C16H14Cl2FN3O4S. The number of phenols is 1. The number of benzene rings is 2. The van der Waals surface area contributed by atoms with Crippen molar-refractivity contribution >= 4 is 50.4 Å². The number of rotatable bonds is 4. The lowest BCUT2D eigenvalue weighted by molar-refractivity contribution is 0.262. The van der Waals surface area contributed by atoms with Crippen molar-refractivity contribution in [2.45, 2.75) is 10.1 Å². The Labute approximate surface area is 164 Å². The lowest BCUT2D eigenvalue weighted by Crippen LogP contribution is -2.51. The molecule has 1 aliphatic heterocycles. The Morgan fingerprint density at radius 2 is 1.81 bits per heavy atom. The molecule has 2 amide bonds. The molecule has 3 rings (SSSR count). The second kappa shape index (κ2) is 7.51. The summed E-state index contributed by atoms with van der Waals surface area (Å²) in [6.45, 7) is 0.489. The zero-order chi connectivity index (χ0) is 19.8. The highest BCUT2D eigenvalue weighted by atomic mass is 35.5. The number of hydrogen-bond donors (Lipinski definition) is 4. The summed E-state index contributed by atoms with van der Waals surface area (Å²) in [7, 11) is -3.88. The first-order valence-corrected chi connectivity index (χ1v) is 10.00. The van der Waals surface area contributed by atoms with Gasteiger partial charge < -0.3 is 21.1 Å². The third kappa shape index (κ3) is 3.81. The summed E-state index contributed by atoms with van der Waals surface area (Å²) in [4.78, 5) is 11.7. The fourth-order valence-electron chi connectivity index (χ4n) is 2.44. The van der Waals surface area contributed by atoms with Crippen LogP contribution < -0.4 is 16.0 Å². The van der Waals surface area contributed by atoms with Gasteiger partial charge in [0.1, 0.15) is 10.7 Å². The Balaban J connectivity index is 1.86. The average molecular weight is 434 g/mol. The van der Waals surface area contributed by atoms with E-state index < -0.39 is 37.6 Å². The maximum atomic E-state index is 13.4. The summed E-state index contributed by atoms with van der Waals surface area (Å²) in [5.74, 6) is -1.39. The Bertz CT molecular complexity index is 1010. The minimum atomic E-state index is -3.88. The van der Waals surface area contributed by atoms with Gasteiger partial charge in [0.25, 0.3) is 0 Å². The van der Waals surface area contributed by atoms with E-state index in [4.69, 9.17) is 23.2 Å². The van der Waals surface area contributed by atoms with Gasteiger partial charge in [-0.15, -0.1) is 0 Å². The molecule has 0 bridgehead atoms. The van der Waals surface area contributed by atoms with Crippen LogP contribution in [0.4, 0.5) is 20.6 Å². The number of nitrogens with one attached hydrogen (secondary N) is 3. The van der Waals surface area contributed by atoms with E-state index in [0.717, 1.165) is 6.07 Å². The maximum absolute atomic E-state index is 13.4. The molecule has 1 saturated heterocycles. The summed E-state index contributed by atoms with van der Waals surface area (Å²) in [6, 6.07) is 5.52. The zero-order valence-corrected chi connectivity index (χ0v) is 15.9. The van der Waals surface area contributed by atoms with Gasteiger partial charge in [0, 0.05) is 13.1 Å². The van der Waals surface area contributed by atoms with Crippen LogP contribution in [-0.4, -0.2) is 37.9 Å². The highest BCUT2D eigenvalue weighted by molar-refractivity contribution is 7.92. The lowest BCUT2D eigenvalue weighted by Gasteiger charge is -2.27. The maximum Gasteiger partial charge on any atom is 0.323 e. The molecule has 0 saturated carbocycles. The second-order valence-electron chi connectivity index (χ2n) is 5.78. The second-order valence-corrected chi connectivity index (χ2v) is 8.73. The molecule has 1 fully saturated rings. The summed E-state index contributed by atoms with van der Waals surface area (Å²) in [5.41, 5.74) is -0.161. The molecule has 7 nitrogen and oxygen atoms in total. The van der Waals surface area contributed by atoms with Gasteiger partial charge in [-0.05, 0) is 24.3 Å². The molecule has 0 aliphatic carbocycles. The third-order valence-electron chi connectivity index (χ3n) is 4.00. The number of aromatic hydroxyl groups is 1. The topological polar surface area (TPSA) is 108 Å². The van der Waals surface area contributed by atoms with E-state index in [0.29, 0.717) is 0 Å². The van der Waals surface area contributed by atoms with Crippen LogP contribution in [0.5, 0.6) is 5.75 Å². The number of hydrogen-bond acceptors (Lipinski definition) is 5.